The maximum Gasteiger partial charge on any atom is 0.427 e. The van der Waals surface area contributed by atoms with Crippen molar-refractivity contribution in [3.63, 3.8) is 0 Å². The minimum Gasteiger partial charge on any atom is -0.296 e. The summed E-state index contributed by atoms with van der Waals surface area (Å²) in [6, 6.07) is 3.97. The molecule has 0 spiro atoms. The first-order chi connectivity index (χ1) is 11.0. The van der Waals surface area contributed by atoms with Crippen molar-refractivity contribution in [3.05, 3.63) is 46.2 Å². The average Bonchev–Trinajstić information content (AvgIpc) is 2.99. The van der Waals surface area contributed by atoms with Gasteiger partial charge >= 0.3 is 6.18 Å². The number of hydrogen-bond donors (Lipinski definition) is 0. The Balaban J connectivity index is 1.48. The van der Waals surface area contributed by atoms with Gasteiger partial charge in [-0.2, -0.15) is 13.2 Å². The van der Waals surface area contributed by atoms with Crippen molar-refractivity contribution in [3.8, 4) is 0 Å². The van der Waals surface area contributed by atoms with E-state index in [2.05, 4.69) is 19.8 Å². The zero-order valence-electron chi connectivity index (χ0n) is 12.5. The van der Waals surface area contributed by atoms with Gasteiger partial charge < -0.3 is 0 Å². The molecule has 4 nitrogen and oxygen atoms in total. The molecule has 0 aliphatic carbocycles. The Hall–Kier alpha value is -1.51. The molecule has 23 heavy (non-hydrogen) atoms. The van der Waals surface area contributed by atoms with E-state index in [1.807, 2.05) is 18.3 Å². The molecule has 3 heterocycles. The van der Waals surface area contributed by atoms with Crippen LogP contribution in [0.3, 0.4) is 0 Å². The Morgan fingerprint density at radius 1 is 1.04 bits per heavy atom. The van der Waals surface area contributed by atoms with Crippen molar-refractivity contribution < 1.29 is 13.2 Å². The van der Waals surface area contributed by atoms with Gasteiger partial charge in [0.1, 0.15) is 9.88 Å². The van der Waals surface area contributed by atoms with Crippen LogP contribution in [0.1, 0.15) is 15.4 Å². The molecule has 0 saturated carbocycles. The quantitative estimate of drug-likeness (QED) is 0.855. The summed E-state index contributed by atoms with van der Waals surface area (Å²) in [7, 11) is 0. The molecule has 0 N–H and O–H groups in total. The maximum absolute atomic E-state index is 12.6. The van der Waals surface area contributed by atoms with Crippen molar-refractivity contribution in [1.29, 1.82) is 0 Å². The number of thiazole rings is 1. The number of hydrogen-bond acceptors (Lipinski definition) is 5. The number of halogens is 3. The third kappa shape index (κ3) is 4.49. The molecular weight excluding hydrogens is 325 g/mol. The van der Waals surface area contributed by atoms with Gasteiger partial charge in [-0.05, 0) is 11.6 Å². The van der Waals surface area contributed by atoms with Gasteiger partial charge in [-0.15, -0.1) is 11.3 Å². The minimum absolute atomic E-state index is 0.488. The number of aromatic nitrogens is 2. The number of rotatable bonds is 4. The summed E-state index contributed by atoms with van der Waals surface area (Å²) in [5.41, 5.74) is 1.18. The molecule has 3 rings (SSSR count). The highest BCUT2D eigenvalue weighted by Gasteiger charge is 2.33. The molecule has 0 aromatic carbocycles. The van der Waals surface area contributed by atoms with Gasteiger partial charge in [-0.1, -0.05) is 6.07 Å². The smallest absolute Gasteiger partial charge is 0.296 e. The second-order valence-electron chi connectivity index (χ2n) is 5.53. The molecule has 1 aliphatic heterocycles. The molecule has 0 bridgehead atoms. The lowest BCUT2D eigenvalue weighted by Gasteiger charge is -2.34. The van der Waals surface area contributed by atoms with Gasteiger partial charge in [0, 0.05) is 45.1 Å². The van der Waals surface area contributed by atoms with E-state index in [1.165, 1.54) is 5.56 Å². The van der Waals surface area contributed by atoms with E-state index in [0.717, 1.165) is 50.3 Å². The normalized spacial score (nSPS) is 17.5. The molecule has 2 aromatic rings. The van der Waals surface area contributed by atoms with E-state index in [9.17, 15) is 13.2 Å². The van der Waals surface area contributed by atoms with Crippen molar-refractivity contribution in [2.24, 2.45) is 0 Å². The third-order valence-electron chi connectivity index (χ3n) is 3.79. The molecule has 0 unspecified atom stereocenters. The van der Waals surface area contributed by atoms with Gasteiger partial charge in [0.05, 0.1) is 12.7 Å². The fourth-order valence-corrected chi connectivity index (χ4v) is 3.39. The van der Waals surface area contributed by atoms with Crippen LogP contribution in [0, 0.1) is 0 Å². The van der Waals surface area contributed by atoms with Crippen molar-refractivity contribution >= 4 is 11.3 Å². The summed E-state index contributed by atoms with van der Waals surface area (Å²) in [5, 5.41) is 0.526. The molecule has 0 atom stereocenters. The molecule has 0 amide bonds. The third-order valence-corrected chi connectivity index (χ3v) is 4.81. The second-order valence-corrected chi connectivity index (χ2v) is 6.64. The second kappa shape index (κ2) is 6.94. The topological polar surface area (TPSA) is 32.3 Å². The Bertz CT molecular complexity index is 621. The van der Waals surface area contributed by atoms with Crippen LogP contribution in [0.4, 0.5) is 13.2 Å². The summed E-state index contributed by atoms with van der Waals surface area (Å²) in [4.78, 5) is 11.9. The fraction of sp³-hybridized carbons (Fsp3) is 0.467. The van der Waals surface area contributed by atoms with Crippen molar-refractivity contribution in [1.82, 2.24) is 19.8 Å². The van der Waals surface area contributed by atoms with E-state index >= 15 is 0 Å². The van der Waals surface area contributed by atoms with Crippen LogP contribution in [0.2, 0.25) is 0 Å². The predicted octanol–water partition coefficient (Wildman–Crippen LogP) is 2.87. The number of nitrogens with zero attached hydrogens (tertiary/aromatic N) is 4. The summed E-state index contributed by atoms with van der Waals surface area (Å²) in [6.45, 7) is 4.81. The number of alkyl halides is 3. The Morgan fingerprint density at radius 3 is 2.30 bits per heavy atom. The maximum atomic E-state index is 12.6. The lowest BCUT2D eigenvalue weighted by molar-refractivity contribution is -0.134. The summed E-state index contributed by atoms with van der Waals surface area (Å²) >= 11 is 0.737. The summed E-state index contributed by atoms with van der Waals surface area (Å²) < 4.78 is 37.7. The number of pyridine rings is 1. The lowest BCUT2D eigenvalue weighted by Crippen LogP contribution is -2.45. The monoisotopic (exact) mass is 342 g/mol. The standard InChI is InChI=1S/C15H17F3N4S/c16-15(17,18)13-9-20-14(23-13)11-22-6-4-21(5-7-22)10-12-2-1-3-19-8-12/h1-3,8-9H,4-7,10-11H2. The van der Waals surface area contributed by atoms with E-state index in [4.69, 9.17) is 0 Å². The van der Waals surface area contributed by atoms with E-state index in [1.54, 1.807) is 6.20 Å². The molecule has 124 valence electrons. The van der Waals surface area contributed by atoms with Gasteiger partial charge in [-0.25, -0.2) is 4.98 Å². The Morgan fingerprint density at radius 2 is 1.74 bits per heavy atom. The van der Waals surface area contributed by atoms with Crippen LogP contribution in [0.15, 0.2) is 30.7 Å². The molecule has 2 aromatic heterocycles. The minimum atomic E-state index is -4.29. The van der Waals surface area contributed by atoms with Gasteiger partial charge in [0.2, 0.25) is 0 Å². The highest BCUT2D eigenvalue weighted by atomic mass is 32.1. The van der Waals surface area contributed by atoms with Gasteiger partial charge in [0.15, 0.2) is 0 Å². The molecule has 0 radical (unpaired) electrons. The first kappa shape index (κ1) is 16.4. The zero-order valence-corrected chi connectivity index (χ0v) is 13.3. The molecule has 1 saturated heterocycles. The summed E-state index contributed by atoms with van der Waals surface area (Å²) in [6.07, 6.45) is 0.252. The molecule has 1 aliphatic rings. The summed E-state index contributed by atoms with van der Waals surface area (Å²) in [5.74, 6) is 0. The Labute approximate surface area is 136 Å². The predicted molar refractivity (Wildman–Crippen MR) is 81.9 cm³/mol. The van der Waals surface area contributed by atoms with Crippen LogP contribution >= 0.6 is 11.3 Å². The van der Waals surface area contributed by atoms with Crippen LogP contribution in [0.25, 0.3) is 0 Å². The van der Waals surface area contributed by atoms with Crippen molar-refractivity contribution in [2.75, 3.05) is 26.2 Å². The highest BCUT2D eigenvalue weighted by molar-refractivity contribution is 7.11. The zero-order chi connectivity index (χ0) is 16.3. The van der Waals surface area contributed by atoms with Crippen LogP contribution in [-0.4, -0.2) is 45.9 Å². The van der Waals surface area contributed by atoms with E-state index in [0.29, 0.717) is 11.6 Å². The van der Waals surface area contributed by atoms with E-state index < -0.39 is 11.1 Å². The molecule has 8 heteroatoms. The Kier molecular flexibility index (Phi) is 4.93. The van der Waals surface area contributed by atoms with Crippen molar-refractivity contribution in [2.45, 2.75) is 19.3 Å². The lowest BCUT2D eigenvalue weighted by atomic mass is 10.2. The van der Waals surface area contributed by atoms with Crippen LogP contribution in [0.5, 0.6) is 0 Å². The van der Waals surface area contributed by atoms with Gasteiger partial charge in [-0.3, -0.25) is 14.8 Å². The highest BCUT2D eigenvalue weighted by Crippen LogP contribution is 2.33. The van der Waals surface area contributed by atoms with Crippen LogP contribution in [-0.2, 0) is 19.3 Å². The average molecular weight is 342 g/mol. The molecular formula is C15H17F3N4S. The van der Waals surface area contributed by atoms with E-state index in [-0.39, 0.29) is 0 Å². The number of piperazine rings is 1. The first-order valence-corrected chi connectivity index (χ1v) is 8.18. The van der Waals surface area contributed by atoms with Gasteiger partial charge in [0.25, 0.3) is 0 Å². The largest absolute Gasteiger partial charge is 0.427 e. The first-order valence-electron chi connectivity index (χ1n) is 7.36. The fourth-order valence-electron chi connectivity index (χ4n) is 2.56. The SMILES string of the molecule is FC(F)(F)c1cnc(CN2CCN(Cc3cccnc3)CC2)s1. The molecule has 1 fully saturated rings. The van der Waals surface area contributed by atoms with Crippen LogP contribution < -0.4 is 0 Å².